The van der Waals surface area contributed by atoms with Crippen LogP contribution in [0.3, 0.4) is 0 Å². The van der Waals surface area contributed by atoms with Crippen molar-refractivity contribution in [3.63, 3.8) is 0 Å². The molecule has 2 heterocycles. The highest BCUT2D eigenvalue weighted by Gasteiger charge is 2.76. The van der Waals surface area contributed by atoms with Gasteiger partial charge in [-0.25, -0.2) is 0 Å². The molecule has 0 N–H and O–H groups in total. The molecule has 0 atom stereocenters. The third kappa shape index (κ3) is 2.27. The molecular weight excluding hydrogens is 357 g/mol. The van der Waals surface area contributed by atoms with E-state index in [1.165, 1.54) is 30.5 Å². The molecule has 0 unspecified atom stereocenters. The average molecular weight is 364 g/mol. The van der Waals surface area contributed by atoms with E-state index in [1.807, 2.05) is 0 Å². The van der Waals surface area contributed by atoms with E-state index >= 15 is 0 Å². The smallest absolute Gasteiger partial charge is 0.273 e. The van der Waals surface area contributed by atoms with Gasteiger partial charge >= 0.3 is 23.9 Å². The quantitative estimate of drug-likeness (QED) is 0.620. The number of pyridine rings is 1. The number of para-hydroxylation sites is 1. The van der Waals surface area contributed by atoms with Gasteiger partial charge in [-0.2, -0.15) is 30.7 Å². The maximum atomic E-state index is 13.8. The van der Waals surface area contributed by atoms with Crippen LogP contribution in [0.5, 0.6) is 0 Å². The highest BCUT2D eigenvalue weighted by Crippen LogP contribution is 2.47. The Balaban J connectivity index is 2.30. The molecule has 2 aromatic heterocycles. The predicted octanol–water partition coefficient (Wildman–Crippen LogP) is 4.66. The highest BCUT2D eigenvalue weighted by atomic mass is 19.4. The van der Waals surface area contributed by atoms with E-state index < -0.39 is 23.9 Å². The van der Waals surface area contributed by atoms with Gasteiger partial charge in [0.25, 0.3) is 0 Å². The fraction of sp³-hybridized carbons (Fsp3) is 0.200. The molecular formula is C15H7F7N2O. The van der Waals surface area contributed by atoms with Crippen LogP contribution in [-0.2, 0) is 0 Å². The monoisotopic (exact) mass is 364 g/mol. The lowest BCUT2D eigenvalue weighted by Gasteiger charge is -2.27. The summed E-state index contributed by atoms with van der Waals surface area (Å²) in [5.74, 6) is -15.2. The number of benzene rings is 1. The molecule has 25 heavy (non-hydrogen) atoms. The fourth-order valence-corrected chi connectivity index (χ4v) is 2.49. The second-order valence-electron chi connectivity index (χ2n) is 5.20. The lowest BCUT2D eigenvalue weighted by atomic mass is 10.1. The summed E-state index contributed by atoms with van der Waals surface area (Å²) in [6.07, 6.45) is -4.38. The lowest BCUT2D eigenvalue weighted by Crippen LogP contribution is -2.57. The molecule has 0 amide bonds. The SMILES string of the molecule is O=C(n1c2ccccc2c2ccncc21)C(F)(F)C(F)(F)C(F)(F)F. The molecule has 0 spiro atoms. The fourth-order valence-electron chi connectivity index (χ4n) is 2.49. The number of halogens is 7. The third-order valence-corrected chi connectivity index (χ3v) is 3.70. The molecule has 0 aliphatic carbocycles. The minimum Gasteiger partial charge on any atom is -0.273 e. The Labute approximate surface area is 134 Å². The van der Waals surface area contributed by atoms with Crippen LogP contribution in [0.25, 0.3) is 21.8 Å². The largest absolute Gasteiger partial charge is 0.460 e. The van der Waals surface area contributed by atoms with E-state index in [-0.39, 0.29) is 26.4 Å². The summed E-state index contributed by atoms with van der Waals surface area (Å²) in [6.45, 7) is 0. The Bertz CT molecular complexity index is 922. The normalized spacial score (nSPS) is 13.6. The molecule has 1 aromatic carbocycles. The Morgan fingerprint density at radius 2 is 1.48 bits per heavy atom. The maximum Gasteiger partial charge on any atom is 0.460 e. The van der Waals surface area contributed by atoms with Crippen LogP contribution >= 0.6 is 0 Å². The minimum atomic E-state index is -6.59. The summed E-state index contributed by atoms with van der Waals surface area (Å²) in [7, 11) is 0. The number of hydrogen-bond acceptors (Lipinski definition) is 2. The van der Waals surface area contributed by atoms with Crippen LogP contribution in [0.2, 0.25) is 0 Å². The zero-order chi connectivity index (χ0) is 18.6. The number of aromatic nitrogens is 2. The molecule has 3 nitrogen and oxygen atoms in total. The van der Waals surface area contributed by atoms with Crippen LogP contribution in [0.4, 0.5) is 30.7 Å². The topological polar surface area (TPSA) is 34.9 Å². The zero-order valence-electron chi connectivity index (χ0n) is 12.0. The van der Waals surface area contributed by atoms with Crippen molar-refractivity contribution in [3.05, 3.63) is 42.7 Å². The van der Waals surface area contributed by atoms with Gasteiger partial charge in [-0.05, 0) is 12.1 Å². The number of hydrogen-bond donors (Lipinski definition) is 0. The van der Waals surface area contributed by atoms with Gasteiger partial charge in [-0.3, -0.25) is 14.3 Å². The number of alkyl halides is 7. The molecule has 3 aromatic rings. The molecule has 0 radical (unpaired) electrons. The van der Waals surface area contributed by atoms with E-state index in [2.05, 4.69) is 4.98 Å². The standard InChI is InChI=1S/C15H7F7N2O/c16-13(17,14(18,19)15(20,21)22)12(25)24-10-4-2-1-3-8(10)9-5-6-23-7-11(9)24/h1-7H. The molecule has 0 bridgehead atoms. The van der Waals surface area contributed by atoms with Gasteiger partial charge in [0.15, 0.2) is 0 Å². The van der Waals surface area contributed by atoms with E-state index in [0.717, 1.165) is 12.3 Å². The zero-order valence-corrected chi connectivity index (χ0v) is 12.0. The van der Waals surface area contributed by atoms with Crippen LogP contribution < -0.4 is 0 Å². The van der Waals surface area contributed by atoms with Gasteiger partial charge in [0, 0.05) is 17.0 Å². The van der Waals surface area contributed by atoms with E-state index in [4.69, 9.17) is 0 Å². The number of nitrogens with zero attached hydrogens (tertiary/aromatic N) is 2. The first-order valence-corrected chi connectivity index (χ1v) is 6.70. The average Bonchev–Trinajstić information content (AvgIpc) is 2.87. The molecule has 0 saturated carbocycles. The Kier molecular flexibility index (Phi) is 3.55. The van der Waals surface area contributed by atoms with Crippen LogP contribution in [0.15, 0.2) is 42.7 Å². The van der Waals surface area contributed by atoms with Crippen molar-refractivity contribution in [1.29, 1.82) is 0 Å². The van der Waals surface area contributed by atoms with Gasteiger partial charge in [0.1, 0.15) is 0 Å². The Morgan fingerprint density at radius 1 is 0.880 bits per heavy atom. The lowest BCUT2D eigenvalue weighted by molar-refractivity contribution is -0.340. The van der Waals surface area contributed by atoms with Crippen molar-refractivity contribution in [2.24, 2.45) is 0 Å². The summed E-state index contributed by atoms with van der Waals surface area (Å²) in [5.41, 5.74) is -0.528. The van der Waals surface area contributed by atoms with E-state index in [1.54, 1.807) is 0 Å². The highest BCUT2D eigenvalue weighted by molar-refractivity contribution is 6.14. The Morgan fingerprint density at radius 3 is 2.12 bits per heavy atom. The summed E-state index contributed by atoms with van der Waals surface area (Å²) in [4.78, 5) is 15.7. The van der Waals surface area contributed by atoms with Crippen LogP contribution in [-0.4, -0.2) is 33.5 Å². The van der Waals surface area contributed by atoms with Crippen molar-refractivity contribution in [1.82, 2.24) is 9.55 Å². The van der Waals surface area contributed by atoms with Gasteiger partial charge in [0.05, 0.1) is 17.2 Å². The number of rotatable bonds is 2. The van der Waals surface area contributed by atoms with Crippen LogP contribution in [0, 0.1) is 0 Å². The maximum absolute atomic E-state index is 13.8. The van der Waals surface area contributed by atoms with Crippen LogP contribution in [0.1, 0.15) is 4.79 Å². The summed E-state index contributed by atoms with van der Waals surface area (Å²) < 4.78 is 91.4. The van der Waals surface area contributed by atoms with Gasteiger partial charge in [-0.1, -0.05) is 18.2 Å². The molecule has 0 saturated heterocycles. The number of carbonyl (C=O) groups excluding carboxylic acids is 1. The first kappa shape index (κ1) is 17.2. The first-order chi connectivity index (χ1) is 11.5. The third-order valence-electron chi connectivity index (χ3n) is 3.70. The van der Waals surface area contributed by atoms with Crippen molar-refractivity contribution < 1.29 is 35.5 Å². The van der Waals surface area contributed by atoms with E-state index in [9.17, 15) is 35.5 Å². The predicted molar refractivity (Wildman–Crippen MR) is 73.8 cm³/mol. The van der Waals surface area contributed by atoms with Crippen molar-refractivity contribution in [3.8, 4) is 0 Å². The number of fused-ring (bicyclic) bond motifs is 3. The van der Waals surface area contributed by atoms with Crippen molar-refractivity contribution >= 4 is 27.7 Å². The second-order valence-corrected chi connectivity index (χ2v) is 5.20. The van der Waals surface area contributed by atoms with Crippen molar-refractivity contribution in [2.75, 3.05) is 0 Å². The molecule has 0 fully saturated rings. The summed E-state index contributed by atoms with van der Waals surface area (Å²) in [5, 5.41) is 0.449. The van der Waals surface area contributed by atoms with E-state index in [0.29, 0.717) is 0 Å². The first-order valence-electron chi connectivity index (χ1n) is 6.70. The molecule has 3 rings (SSSR count). The summed E-state index contributed by atoms with van der Waals surface area (Å²) in [6, 6.07) is 6.75. The minimum absolute atomic E-state index is 0.136. The molecule has 132 valence electrons. The second kappa shape index (κ2) is 5.17. The number of carbonyl (C=O) groups is 1. The van der Waals surface area contributed by atoms with Gasteiger partial charge < -0.3 is 0 Å². The summed E-state index contributed by atoms with van der Waals surface area (Å²) >= 11 is 0. The van der Waals surface area contributed by atoms with Crippen molar-refractivity contribution in [2.45, 2.75) is 18.0 Å². The molecule has 10 heteroatoms. The van der Waals surface area contributed by atoms with Gasteiger partial charge in [-0.15, -0.1) is 0 Å². The molecule has 0 aliphatic rings. The molecule has 0 aliphatic heterocycles. The Hall–Kier alpha value is -2.65. The van der Waals surface area contributed by atoms with Gasteiger partial charge in [0.2, 0.25) is 0 Å².